The zero-order valence-corrected chi connectivity index (χ0v) is 18.7. The molecule has 4 heteroatoms. The van der Waals surface area contributed by atoms with E-state index in [1.807, 2.05) is 14.2 Å². The molecule has 2 fully saturated rings. The van der Waals surface area contributed by atoms with Gasteiger partial charge >= 0.3 is 0 Å². The maximum atomic E-state index is 5.74. The van der Waals surface area contributed by atoms with E-state index in [0.29, 0.717) is 11.8 Å². The third kappa shape index (κ3) is 5.43. The lowest BCUT2D eigenvalue weighted by atomic mass is 9.76. The molecule has 0 spiro atoms. The van der Waals surface area contributed by atoms with E-state index in [1.54, 1.807) is 0 Å². The second-order valence-corrected chi connectivity index (χ2v) is 10.5. The van der Waals surface area contributed by atoms with Crippen LogP contribution in [0.5, 0.6) is 0 Å². The number of piperidine rings is 2. The van der Waals surface area contributed by atoms with Crippen LogP contribution in [0, 0.1) is 11.8 Å². The molecule has 0 N–H and O–H groups in total. The molecule has 2 heterocycles. The van der Waals surface area contributed by atoms with Gasteiger partial charge in [0.15, 0.2) is 0 Å². The monoisotopic (exact) mass is 368 g/mol. The Hall–Kier alpha value is -0.160. The average molecular weight is 369 g/mol. The molecule has 0 radical (unpaired) electrons. The van der Waals surface area contributed by atoms with Gasteiger partial charge in [-0.15, -0.1) is 0 Å². The maximum Gasteiger partial charge on any atom is 0.0675 e. The highest BCUT2D eigenvalue weighted by atomic mass is 16.5. The fourth-order valence-electron chi connectivity index (χ4n) is 4.91. The van der Waals surface area contributed by atoms with Crippen LogP contribution in [-0.4, -0.2) is 73.5 Å². The van der Waals surface area contributed by atoms with Gasteiger partial charge in [-0.2, -0.15) is 0 Å². The standard InChI is InChI=1S/C22H44N2O2/c1-20(2,3)24-12-9-18(17-25-7)19(16-24)15-21(4,5)23-13-10-22(6,26-8)11-14-23/h18-19H,9-17H2,1-8H3. The summed E-state index contributed by atoms with van der Waals surface area (Å²) in [4.78, 5) is 5.38. The van der Waals surface area contributed by atoms with Crippen LogP contribution in [0.1, 0.15) is 67.2 Å². The Kier molecular flexibility index (Phi) is 7.21. The quantitative estimate of drug-likeness (QED) is 0.706. The van der Waals surface area contributed by atoms with Crippen LogP contribution >= 0.6 is 0 Å². The highest BCUT2D eigenvalue weighted by Crippen LogP contribution is 2.37. The highest BCUT2D eigenvalue weighted by molar-refractivity contribution is 4.95. The van der Waals surface area contributed by atoms with E-state index in [2.05, 4.69) is 51.3 Å². The molecule has 2 aliphatic heterocycles. The van der Waals surface area contributed by atoms with Crippen LogP contribution in [0.25, 0.3) is 0 Å². The number of nitrogens with zero attached hydrogens (tertiary/aromatic N) is 2. The van der Waals surface area contributed by atoms with Crippen molar-refractivity contribution in [3.63, 3.8) is 0 Å². The molecular formula is C22H44N2O2. The van der Waals surface area contributed by atoms with Crippen LogP contribution in [0.4, 0.5) is 0 Å². The van der Waals surface area contributed by atoms with E-state index in [0.717, 1.165) is 32.5 Å². The molecule has 2 aliphatic rings. The van der Waals surface area contributed by atoms with Gasteiger partial charge in [0.05, 0.1) is 5.60 Å². The Balaban J connectivity index is 2.03. The zero-order valence-electron chi connectivity index (χ0n) is 18.7. The van der Waals surface area contributed by atoms with E-state index in [9.17, 15) is 0 Å². The molecule has 0 aromatic heterocycles. The van der Waals surface area contributed by atoms with Crippen molar-refractivity contribution in [2.75, 3.05) is 47.0 Å². The minimum Gasteiger partial charge on any atom is -0.384 e. The average Bonchev–Trinajstić information content (AvgIpc) is 2.56. The van der Waals surface area contributed by atoms with E-state index < -0.39 is 0 Å². The first kappa shape index (κ1) is 22.1. The number of likely N-dealkylation sites (tertiary alicyclic amines) is 2. The number of rotatable bonds is 6. The molecule has 2 unspecified atom stereocenters. The molecule has 2 atom stereocenters. The first-order chi connectivity index (χ1) is 12.0. The topological polar surface area (TPSA) is 24.9 Å². The summed E-state index contributed by atoms with van der Waals surface area (Å²) >= 11 is 0. The predicted octanol–water partition coefficient (Wildman–Crippen LogP) is 4.04. The largest absolute Gasteiger partial charge is 0.384 e. The number of ether oxygens (including phenoxy) is 2. The van der Waals surface area contributed by atoms with Crippen molar-refractivity contribution in [2.24, 2.45) is 11.8 Å². The summed E-state index contributed by atoms with van der Waals surface area (Å²) in [6.45, 7) is 19.8. The van der Waals surface area contributed by atoms with Crippen LogP contribution in [0.15, 0.2) is 0 Å². The third-order valence-corrected chi connectivity index (χ3v) is 7.15. The number of hydrogen-bond donors (Lipinski definition) is 0. The van der Waals surface area contributed by atoms with Crippen LogP contribution in [0.2, 0.25) is 0 Å². The van der Waals surface area contributed by atoms with Crippen molar-refractivity contribution in [1.82, 2.24) is 9.80 Å². The summed E-state index contributed by atoms with van der Waals surface area (Å²) in [5.74, 6) is 1.39. The summed E-state index contributed by atoms with van der Waals surface area (Å²) in [6.07, 6.45) is 4.77. The van der Waals surface area contributed by atoms with Crippen molar-refractivity contribution in [1.29, 1.82) is 0 Å². The summed E-state index contributed by atoms with van der Waals surface area (Å²) in [6, 6.07) is 0. The lowest BCUT2D eigenvalue weighted by molar-refractivity contribution is -0.0707. The molecule has 0 aromatic rings. The molecule has 26 heavy (non-hydrogen) atoms. The third-order valence-electron chi connectivity index (χ3n) is 7.15. The molecule has 154 valence electrons. The summed E-state index contributed by atoms with van der Waals surface area (Å²) < 4.78 is 11.3. The Bertz CT molecular complexity index is 436. The Labute approximate surface area is 162 Å². The first-order valence-electron chi connectivity index (χ1n) is 10.5. The predicted molar refractivity (Wildman–Crippen MR) is 110 cm³/mol. The van der Waals surface area contributed by atoms with E-state index in [1.165, 1.54) is 25.9 Å². The second kappa shape index (κ2) is 8.46. The van der Waals surface area contributed by atoms with Gasteiger partial charge in [0.2, 0.25) is 0 Å². The van der Waals surface area contributed by atoms with Crippen molar-refractivity contribution < 1.29 is 9.47 Å². The van der Waals surface area contributed by atoms with E-state index in [4.69, 9.17) is 9.47 Å². The molecule has 0 saturated carbocycles. The second-order valence-electron chi connectivity index (χ2n) is 10.5. The minimum atomic E-state index is 0.0685. The van der Waals surface area contributed by atoms with Crippen molar-refractivity contribution in [3.8, 4) is 0 Å². The van der Waals surface area contributed by atoms with Gasteiger partial charge in [0.25, 0.3) is 0 Å². The molecule has 0 amide bonds. The molecule has 2 saturated heterocycles. The molecule has 0 aromatic carbocycles. The SMILES string of the molecule is COCC1CCN(C(C)(C)C)CC1CC(C)(C)N1CCC(C)(OC)CC1. The smallest absolute Gasteiger partial charge is 0.0675 e. The van der Waals surface area contributed by atoms with Crippen LogP contribution in [0.3, 0.4) is 0 Å². The normalized spacial score (nSPS) is 29.1. The van der Waals surface area contributed by atoms with Gasteiger partial charge < -0.3 is 9.47 Å². The Morgan fingerprint density at radius 3 is 2.04 bits per heavy atom. The molecular weight excluding hydrogens is 324 g/mol. The number of hydrogen-bond acceptors (Lipinski definition) is 4. The fourth-order valence-corrected chi connectivity index (χ4v) is 4.91. The van der Waals surface area contributed by atoms with Gasteiger partial charge in [-0.1, -0.05) is 0 Å². The molecule has 0 bridgehead atoms. The van der Waals surface area contributed by atoms with E-state index >= 15 is 0 Å². The highest BCUT2D eigenvalue weighted by Gasteiger charge is 2.41. The summed E-state index contributed by atoms with van der Waals surface area (Å²) in [7, 11) is 3.72. The van der Waals surface area contributed by atoms with E-state index in [-0.39, 0.29) is 16.7 Å². The first-order valence-corrected chi connectivity index (χ1v) is 10.5. The molecule has 2 rings (SSSR count). The lowest BCUT2D eigenvalue weighted by Gasteiger charge is -2.50. The Morgan fingerprint density at radius 2 is 1.54 bits per heavy atom. The Morgan fingerprint density at radius 1 is 0.923 bits per heavy atom. The molecule has 0 aliphatic carbocycles. The van der Waals surface area contributed by atoms with Crippen molar-refractivity contribution >= 4 is 0 Å². The van der Waals surface area contributed by atoms with Gasteiger partial charge in [-0.05, 0) is 85.6 Å². The summed E-state index contributed by atoms with van der Waals surface area (Å²) in [5.41, 5.74) is 0.553. The van der Waals surface area contributed by atoms with Crippen molar-refractivity contribution in [3.05, 3.63) is 0 Å². The summed E-state index contributed by atoms with van der Waals surface area (Å²) in [5, 5.41) is 0. The zero-order chi connectivity index (χ0) is 19.6. The van der Waals surface area contributed by atoms with Gasteiger partial charge in [0.1, 0.15) is 0 Å². The minimum absolute atomic E-state index is 0.0685. The van der Waals surface area contributed by atoms with Crippen LogP contribution < -0.4 is 0 Å². The van der Waals surface area contributed by atoms with Gasteiger partial charge in [-0.3, -0.25) is 9.80 Å². The van der Waals surface area contributed by atoms with Crippen molar-refractivity contribution in [2.45, 2.75) is 83.9 Å². The van der Waals surface area contributed by atoms with Gasteiger partial charge in [0, 0.05) is 51.5 Å². The maximum absolute atomic E-state index is 5.74. The number of methoxy groups -OCH3 is 2. The van der Waals surface area contributed by atoms with Gasteiger partial charge in [-0.25, -0.2) is 0 Å². The fraction of sp³-hybridized carbons (Fsp3) is 1.00. The molecule has 4 nitrogen and oxygen atoms in total. The van der Waals surface area contributed by atoms with Crippen LogP contribution in [-0.2, 0) is 9.47 Å². The lowest BCUT2D eigenvalue weighted by Crippen LogP contribution is -2.56.